The van der Waals surface area contributed by atoms with Crippen LogP contribution in [0.4, 0.5) is 0 Å². The molecule has 620 valence electrons. The SMILES string of the molecule is C=C(C)CN(C)C.CC1CN(C)CCO1.CC1COCCN1C.CN(C)C1CC1.CN(C)C1CCCC1.CN(C)Cc1ccccn1.CN(C)Cc1cccnc1.CN(C)Cc1ccncc1.CN1CCC(CO)C1.CN1CCOC(Cl)C1.CN1CCOCC1Cl.CNC1CCCC1C.COCCN(C)C. The predicted octanol–water partition coefficient (Wildman–Crippen LogP) is 9.97. The Bertz CT molecular complexity index is 2190. The molecule has 3 saturated carbocycles. The number of aliphatic hydroxyl groups excluding tert-OH is 1. The molecule has 11 rings (SSSR count). The Morgan fingerprint density at radius 3 is 1.44 bits per heavy atom. The van der Waals surface area contributed by atoms with E-state index >= 15 is 0 Å². The van der Waals surface area contributed by atoms with Gasteiger partial charge in [0.25, 0.3) is 0 Å². The molecule has 2 N–H and O–H groups in total. The van der Waals surface area contributed by atoms with Crippen LogP contribution in [0.1, 0.15) is 109 Å². The number of aliphatic hydroxyl groups is 1. The van der Waals surface area contributed by atoms with Crippen LogP contribution >= 0.6 is 23.2 Å². The molecule has 5 aliphatic heterocycles. The summed E-state index contributed by atoms with van der Waals surface area (Å²) in [6, 6.07) is 17.3. The maximum atomic E-state index is 8.66. The van der Waals surface area contributed by atoms with Crippen molar-refractivity contribution in [3.63, 3.8) is 0 Å². The predicted molar refractivity (Wildman–Crippen MR) is 452 cm³/mol. The molecule has 22 nitrogen and oxygen atoms in total. The summed E-state index contributed by atoms with van der Waals surface area (Å²) in [7, 11) is 43.2. The van der Waals surface area contributed by atoms with Crippen molar-refractivity contribution >= 4 is 23.2 Å². The molecule has 0 spiro atoms. The monoisotopic (exact) mass is 1540 g/mol. The Morgan fingerprint density at radius 1 is 0.575 bits per heavy atom. The molecule has 106 heavy (non-hydrogen) atoms. The third kappa shape index (κ3) is 65.7. The number of hydrogen-bond donors (Lipinski definition) is 2. The first-order chi connectivity index (χ1) is 50.2. The van der Waals surface area contributed by atoms with Gasteiger partial charge in [0, 0.05) is 147 Å². The zero-order valence-electron chi connectivity index (χ0n) is 72.2. The molecule has 0 bridgehead atoms. The first-order valence-corrected chi connectivity index (χ1v) is 39.9. The van der Waals surface area contributed by atoms with E-state index in [0.29, 0.717) is 31.3 Å². The van der Waals surface area contributed by atoms with E-state index in [2.05, 4.69) is 183 Å². The third-order valence-electron chi connectivity index (χ3n) is 18.0. The second-order valence-corrected chi connectivity index (χ2v) is 32.1. The first-order valence-electron chi connectivity index (χ1n) is 39.0. The van der Waals surface area contributed by atoms with Crippen molar-refractivity contribution < 1.29 is 28.8 Å². The fourth-order valence-corrected chi connectivity index (χ4v) is 11.8. The van der Waals surface area contributed by atoms with Gasteiger partial charge in [-0.25, -0.2) is 0 Å². The molecule has 7 atom stereocenters. The number of likely N-dealkylation sites (tertiary alicyclic amines) is 1. The molecule has 0 radical (unpaired) electrons. The van der Waals surface area contributed by atoms with Gasteiger partial charge in [0.05, 0.1) is 58.0 Å². The zero-order valence-corrected chi connectivity index (χ0v) is 73.7. The lowest BCUT2D eigenvalue weighted by Crippen LogP contribution is -2.40. The third-order valence-corrected chi connectivity index (χ3v) is 18.7. The highest BCUT2D eigenvalue weighted by Crippen LogP contribution is 2.25. The highest BCUT2D eigenvalue weighted by Gasteiger charge is 2.23. The van der Waals surface area contributed by atoms with Crippen LogP contribution in [0.25, 0.3) is 0 Å². The normalized spacial score (nSPS) is 22.5. The van der Waals surface area contributed by atoms with Crippen molar-refractivity contribution in [2.45, 2.75) is 153 Å². The van der Waals surface area contributed by atoms with Crippen molar-refractivity contribution in [2.75, 3.05) is 266 Å². The van der Waals surface area contributed by atoms with Gasteiger partial charge in [0.1, 0.15) is 11.1 Å². The molecular formula is C82H162Cl2N16O6. The summed E-state index contributed by atoms with van der Waals surface area (Å²) in [4.78, 5) is 38.4. The number of ether oxygens (including phenoxy) is 5. The smallest absolute Gasteiger partial charge is 0.143 e. The summed E-state index contributed by atoms with van der Waals surface area (Å²) in [5.41, 5.74) is 4.89. The van der Waals surface area contributed by atoms with Gasteiger partial charge in [-0.3, -0.25) is 24.8 Å². The maximum Gasteiger partial charge on any atom is 0.143 e. The number of morpholine rings is 4. The Labute approximate surface area is 661 Å². The number of likely N-dealkylation sites (N-methyl/N-ethyl adjacent to an activating group) is 6. The van der Waals surface area contributed by atoms with E-state index in [4.69, 9.17) is 52.0 Å². The van der Waals surface area contributed by atoms with Gasteiger partial charge in [0.15, 0.2) is 0 Å². The van der Waals surface area contributed by atoms with Crippen LogP contribution in [0.5, 0.6) is 0 Å². The standard InChI is InChI=1S/3C8H12N2.2C7H15N.3C6H13NO.C6H13N.2C5H10ClNO.C5H13NO.C5H11N/c1-10(2)7-8-3-5-9-6-4-8;1-10(2)7-8-4-3-5-9-6-8;1-10(2)7-8-5-3-4-6-9-8;1-8(2)7-5-3-4-6-7;1-6-4-3-5-7(6)8-2;1-6-5-8-4-3-7(6)2;1-6-5-7(2)3-4-8-6;1-7-3-2-6(4-7)5-8;1-6(2)5-7(3)4;1-7-2-3-8-4-5(7)6;1-7-2-3-8-5(6)4-7;1-6(2)4-5-7-3;1-6(2)5-3-4-5/h3*3-6H,7H2,1-2H3;7H,3-6H2,1-2H3;6-8H,3-5H2,1-2H3;2*6H,3-5H2,1-2H3;6,8H,2-5H2,1H3;1,5H2,2-4H3;2*5H,2-4H2,1H3;4-5H2,1-3H3;5H,3-4H2,1-2H3. The minimum absolute atomic E-state index is 0.0868. The van der Waals surface area contributed by atoms with Gasteiger partial charge < -0.3 is 83.1 Å². The number of alkyl halides is 2. The highest BCUT2D eigenvalue weighted by molar-refractivity contribution is 6.20. The van der Waals surface area contributed by atoms with Crippen molar-refractivity contribution in [1.82, 2.24) is 79.1 Å². The summed E-state index contributed by atoms with van der Waals surface area (Å²) in [5.74, 6) is 1.47. The minimum Gasteiger partial charge on any atom is -0.396 e. The average molecular weight is 1540 g/mol. The molecule has 24 heteroatoms. The molecule has 5 saturated heterocycles. The van der Waals surface area contributed by atoms with Crippen LogP contribution in [0.3, 0.4) is 0 Å². The van der Waals surface area contributed by atoms with Crippen LogP contribution in [0, 0.1) is 11.8 Å². The molecule has 7 unspecified atom stereocenters. The number of pyridine rings is 3. The Balaban J connectivity index is 0. The second kappa shape index (κ2) is 67.7. The second-order valence-electron chi connectivity index (χ2n) is 31.1. The lowest BCUT2D eigenvalue weighted by molar-refractivity contribution is -0.00862. The fraction of sp³-hybridized carbons (Fsp3) is 0.793. The molecule has 8 fully saturated rings. The first kappa shape index (κ1) is 105. The lowest BCUT2D eigenvalue weighted by Gasteiger charge is -2.29. The summed E-state index contributed by atoms with van der Waals surface area (Å²) in [6.45, 7) is 31.7. The van der Waals surface area contributed by atoms with Crippen molar-refractivity contribution in [3.8, 4) is 0 Å². The number of rotatable bonds is 15. The van der Waals surface area contributed by atoms with Crippen LogP contribution in [-0.2, 0) is 43.3 Å². The van der Waals surface area contributed by atoms with E-state index < -0.39 is 0 Å². The molecule has 0 amide bonds. The molecule has 3 aromatic rings. The van der Waals surface area contributed by atoms with E-state index in [1.54, 1.807) is 13.3 Å². The van der Waals surface area contributed by atoms with Crippen molar-refractivity contribution in [3.05, 3.63) is 102 Å². The van der Waals surface area contributed by atoms with Gasteiger partial charge in [0.2, 0.25) is 0 Å². The fourth-order valence-electron chi connectivity index (χ4n) is 11.3. The number of halogens is 2. The summed E-state index contributed by atoms with van der Waals surface area (Å²) >= 11 is 11.4. The molecule has 8 aliphatic rings. The Morgan fingerprint density at radius 2 is 1.14 bits per heavy atom. The largest absolute Gasteiger partial charge is 0.396 e. The van der Waals surface area contributed by atoms with Crippen LogP contribution < -0.4 is 5.32 Å². The molecular weight excluding hydrogens is 1380 g/mol. The molecule has 0 aromatic carbocycles. The molecule has 8 heterocycles. The lowest BCUT2D eigenvalue weighted by atomic mass is 10.1. The van der Waals surface area contributed by atoms with E-state index in [0.717, 1.165) is 154 Å². The Hall–Kier alpha value is -2.99. The van der Waals surface area contributed by atoms with Crippen LogP contribution in [0.2, 0.25) is 0 Å². The zero-order chi connectivity index (χ0) is 80.2. The highest BCUT2D eigenvalue weighted by atomic mass is 35.5. The summed E-state index contributed by atoms with van der Waals surface area (Å²) in [5, 5.41) is 12.0. The van der Waals surface area contributed by atoms with Crippen LogP contribution in [0.15, 0.2) is 85.6 Å². The molecule has 3 aliphatic carbocycles. The van der Waals surface area contributed by atoms with Crippen molar-refractivity contribution in [2.24, 2.45) is 11.8 Å². The van der Waals surface area contributed by atoms with Gasteiger partial charge in [-0.05, 0) is 267 Å². The quantitative estimate of drug-likeness (QED) is 0.0841. The maximum absolute atomic E-state index is 8.66. The van der Waals surface area contributed by atoms with E-state index in [1.165, 1.54) is 80.9 Å². The van der Waals surface area contributed by atoms with Gasteiger partial charge >= 0.3 is 0 Å². The number of hydrogen-bond acceptors (Lipinski definition) is 22. The summed E-state index contributed by atoms with van der Waals surface area (Å²) < 4.78 is 25.5. The van der Waals surface area contributed by atoms with E-state index in [-0.39, 0.29) is 11.1 Å². The van der Waals surface area contributed by atoms with Crippen LogP contribution in [-0.4, -0.2) is 387 Å². The van der Waals surface area contributed by atoms with Gasteiger partial charge in [-0.2, -0.15) is 0 Å². The summed E-state index contributed by atoms with van der Waals surface area (Å²) in [6.07, 6.45) is 23.6. The average Bonchev–Trinajstić information content (AvgIpc) is 1.90. The number of nitrogens with zero attached hydrogens (tertiary/aromatic N) is 15. The van der Waals surface area contributed by atoms with Gasteiger partial charge in [-0.15, -0.1) is 11.6 Å². The van der Waals surface area contributed by atoms with Crippen molar-refractivity contribution in [1.29, 1.82) is 0 Å². The number of aromatic nitrogens is 3. The number of methoxy groups -OCH3 is 1. The molecule has 3 aromatic heterocycles. The minimum atomic E-state index is -0.0891. The van der Waals surface area contributed by atoms with E-state index in [9.17, 15) is 0 Å². The van der Waals surface area contributed by atoms with E-state index in [1.807, 2.05) is 139 Å². The number of nitrogens with one attached hydrogen (secondary N) is 1. The van der Waals surface area contributed by atoms with Gasteiger partial charge in [-0.1, -0.05) is 62.1 Å². The topological polar surface area (TPSA) is 156 Å². The Kier molecular flexibility index (Phi) is 67.1.